The van der Waals surface area contributed by atoms with Crippen molar-refractivity contribution >= 4 is 38.6 Å². The van der Waals surface area contributed by atoms with Gasteiger partial charge >= 0.3 is 0 Å². The van der Waals surface area contributed by atoms with E-state index in [1.807, 2.05) is 41.8 Å². The number of hydrogen-bond acceptors (Lipinski definition) is 4. The first-order chi connectivity index (χ1) is 9.33. The fourth-order valence-electron chi connectivity index (χ4n) is 1.58. The van der Waals surface area contributed by atoms with Crippen LogP contribution >= 0.6 is 27.3 Å². The quantitative estimate of drug-likeness (QED) is 0.648. The van der Waals surface area contributed by atoms with E-state index in [2.05, 4.69) is 36.4 Å². The third kappa shape index (κ3) is 2.80. The van der Waals surface area contributed by atoms with Crippen molar-refractivity contribution in [2.75, 3.05) is 0 Å². The molecule has 0 amide bonds. The molecule has 19 heavy (non-hydrogen) atoms. The molecule has 0 fully saturated rings. The van der Waals surface area contributed by atoms with E-state index in [0.29, 0.717) is 0 Å². The van der Waals surface area contributed by atoms with Crippen LogP contribution in [0.2, 0.25) is 0 Å². The molecule has 0 aliphatic rings. The normalized spacial score (nSPS) is 11.2. The van der Waals surface area contributed by atoms with Crippen LogP contribution in [0.5, 0.6) is 0 Å². The van der Waals surface area contributed by atoms with Crippen molar-refractivity contribution in [1.29, 1.82) is 0 Å². The summed E-state index contributed by atoms with van der Waals surface area (Å²) >= 11 is 5.03. The van der Waals surface area contributed by atoms with Crippen molar-refractivity contribution in [2.45, 2.75) is 0 Å². The first kappa shape index (κ1) is 12.3. The molecule has 2 aromatic heterocycles. The van der Waals surface area contributed by atoms with E-state index in [1.54, 1.807) is 17.5 Å². The van der Waals surface area contributed by atoms with Gasteiger partial charge in [0.2, 0.25) is 0 Å². The minimum absolute atomic E-state index is 0.741. The average molecular weight is 333 g/mol. The number of halogens is 1. The van der Waals surface area contributed by atoms with Crippen LogP contribution in [0, 0.1) is 0 Å². The highest BCUT2D eigenvalue weighted by molar-refractivity contribution is 9.10. The minimum Gasteiger partial charge on any atom is -0.275 e. The van der Waals surface area contributed by atoms with Crippen molar-refractivity contribution in [3.63, 3.8) is 0 Å². The molecule has 0 spiro atoms. The predicted molar refractivity (Wildman–Crippen MR) is 80.2 cm³/mol. The number of thiophene rings is 1. The Morgan fingerprint density at radius 2 is 1.95 bits per heavy atom. The smallest absolute Gasteiger partial charge is 0.132 e. The number of benzene rings is 1. The molecule has 0 bridgehead atoms. The lowest BCUT2D eigenvalue weighted by molar-refractivity contribution is 1.10. The summed E-state index contributed by atoms with van der Waals surface area (Å²) in [5, 5.41) is 17.5. The molecule has 3 rings (SSSR count). The molecule has 0 unspecified atom stereocenters. The van der Waals surface area contributed by atoms with E-state index in [-0.39, 0.29) is 0 Å². The summed E-state index contributed by atoms with van der Waals surface area (Å²) in [6, 6.07) is 11.7. The number of azo groups is 1. The second-order valence-corrected chi connectivity index (χ2v) is 5.65. The fraction of sp³-hybridized carbons (Fsp3) is 0. The van der Waals surface area contributed by atoms with Crippen LogP contribution in [-0.4, -0.2) is 10.2 Å². The van der Waals surface area contributed by atoms with Gasteiger partial charge in [0.1, 0.15) is 11.4 Å². The van der Waals surface area contributed by atoms with Crippen LogP contribution in [0.3, 0.4) is 0 Å². The number of aromatic amines is 1. The Labute approximate surface area is 122 Å². The number of H-pyrrole nitrogens is 1. The summed E-state index contributed by atoms with van der Waals surface area (Å²) in [5.41, 5.74) is 2.45. The molecule has 94 valence electrons. The van der Waals surface area contributed by atoms with Gasteiger partial charge in [-0.1, -0.05) is 22.0 Å². The number of rotatable bonds is 3. The molecule has 1 N–H and O–H groups in total. The lowest BCUT2D eigenvalue weighted by Crippen LogP contribution is -1.71. The van der Waals surface area contributed by atoms with Crippen molar-refractivity contribution in [1.82, 2.24) is 10.2 Å². The Morgan fingerprint density at radius 1 is 1.11 bits per heavy atom. The van der Waals surface area contributed by atoms with Gasteiger partial charge < -0.3 is 0 Å². The molecule has 6 heteroatoms. The molecule has 0 saturated carbocycles. The maximum Gasteiger partial charge on any atom is 0.132 e. The highest BCUT2D eigenvalue weighted by Crippen LogP contribution is 2.32. The van der Waals surface area contributed by atoms with Gasteiger partial charge in [-0.25, -0.2) is 0 Å². The maximum absolute atomic E-state index is 4.24. The summed E-state index contributed by atoms with van der Waals surface area (Å²) in [4.78, 5) is 1.10. The van der Waals surface area contributed by atoms with E-state index < -0.39 is 0 Å². The molecule has 0 atom stereocenters. The Hall–Kier alpha value is -1.79. The van der Waals surface area contributed by atoms with Crippen LogP contribution in [-0.2, 0) is 0 Å². The van der Waals surface area contributed by atoms with Crippen molar-refractivity contribution in [3.05, 3.63) is 52.4 Å². The van der Waals surface area contributed by atoms with Gasteiger partial charge in [-0.05, 0) is 35.7 Å². The second kappa shape index (κ2) is 5.46. The van der Waals surface area contributed by atoms with Crippen LogP contribution in [0.4, 0.5) is 11.4 Å². The number of aromatic nitrogens is 2. The van der Waals surface area contributed by atoms with E-state index in [0.717, 1.165) is 26.4 Å². The first-order valence-electron chi connectivity index (χ1n) is 5.57. The predicted octanol–water partition coefficient (Wildman–Crippen LogP) is 5.32. The molecule has 2 heterocycles. The second-order valence-electron chi connectivity index (χ2n) is 3.78. The zero-order valence-corrected chi connectivity index (χ0v) is 12.1. The Morgan fingerprint density at radius 3 is 2.68 bits per heavy atom. The highest BCUT2D eigenvalue weighted by atomic mass is 79.9. The molecule has 3 aromatic rings. The summed E-state index contributed by atoms with van der Waals surface area (Å²) < 4.78 is 1.02. The van der Waals surface area contributed by atoms with Gasteiger partial charge in [-0.2, -0.15) is 10.2 Å². The summed E-state index contributed by atoms with van der Waals surface area (Å²) in [6.07, 6.45) is 1.68. The first-order valence-corrected chi connectivity index (χ1v) is 7.25. The molecular weight excluding hydrogens is 324 g/mol. The van der Waals surface area contributed by atoms with E-state index in [1.165, 1.54) is 0 Å². The number of nitrogens with one attached hydrogen (secondary N) is 1. The highest BCUT2D eigenvalue weighted by Gasteiger charge is 2.07. The zero-order chi connectivity index (χ0) is 13.1. The van der Waals surface area contributed by atoms with Crippen molar-refractivity contribution in [2.24, 2.45) is 10.2 Å². The maximum atomic E-state index is 4.24. The Balaban J connectivity index is 1.88. The van der Waals surface area contributed by atoms with Crippen LogP contribution in [0.25, 0.3) is 10.6 Å². The fourth-order valence-corrected chi connectivity index (χ4v) is 2.57. The SMILES string of the molecule is Brc1ccc(N=Nc2cn[nH]c2-c2cccs2)cc1. The molecular formula is C13H9BrN4S. The van der Waals surface area contributed by atoms with E-state index >= 15 is 0 Å². The van der Waals surface area contributed by atoms with Gasteiger partial charge in [-0.3, -0.25) is 5.10 Å². The molecule has 0 aliphatic heterocycles. The third-order valence-corrected chi connectivity index (χ3v) is 3.90. The van der Waals surface area contributed by atoms with E-state index in [9.17, 15) is 0 Å². The monoisotopic (exact) mass is 332 g/mol. The topological polar surface area (TPSA) is 53.4 Å². The van der Waals surface area contributed by atoms with Gasteiger partial charge in [0.15, 0.2) is 0 Å². The number of hydrogen-bond donors (Lipinski definition) is 1. The standard InChI is InChI=1S/C13H9BrN4S/c14-9-3-5-10(6-4-9)16-17-11-8-15-18-13(11)12-2-1-7-19-12/h1-8H,(H,15,18). The van der Waals surface area contributed by atoms with Crippen LogP contribution < -0.4 is 0 Å². The van der Waals surface area contributed by atoms with Crippen molar-refractivity contribution in [3.8, 4) is 10.6 Å². The van der Waals surface area contributed by atoms with Gasteiger partial charge in [0.25, 0.3) is 0 Å². The van der Waals surface area contributed by atoms with Crippen LogP contribution in [0.15, 0.2) is 62.7 Å². The Bertz CT molecular complexity index is 686. The Kier molecular flexibility index (Phi) is 3.52. The van der Waals surface area contributed by atoms with Gasteiger partial charge in [0, 0.05) is 4.47 Å². The largest absolute Gasteiger partial charge is 0.275 e. The minimum atomic E-state index is 0.741. The van der Waals surface area contributed by atoms with Gasteiger partial charge in [0.05, 0.1) is 16.8 Å². The third-order valence-electron chi connectivity index (χ3n) is 2.49. The lowest BCUT2D eigenvalue weighted by Gasteiger charge is -1.94. The summed E-state index contributed by atoms with van der Waals surface area (Å²) in [7, 11) is 0. The molecule has 0 saturated heterocycles. The molecule has 0 radical (unpaired) electrons. The zero-order valence-electron chi connectivity index (χ0n) is 9.75. The lowest BCUT2D eigenvalue weighted by atomic mass is 10.3. The average Bonchev–Trinajstić information content (AvgIpc) is 3.08. The van der Waals surface area contributed by atoms with Gasteiger partial charge in [-0.15, -0.1) is 16.5 Å². The molecule has 0 aliphatic carbocycles. The van der Waals surface area contributed by atoms with Crippen molar-refractivity contribution < 1.29 is 0 Å². The summed E-state index contributed by atoms with van der Waals surface area (Å²) in [6.45, 7) is 0. The molecule has 1 aromatic carbocycles. The number of nitrogens with zero attached hydrogens (tertiary/aromatic N) is 3. The molecule has 4 nitrogen and oxygen atoms in total. The van der Waals surface area contributed by atoms with E-state index in [4.69, 9.17) is 0 Å². The van der Waals surface area contributed by atoms with Crippen LogP contribution in [0.1, 0.15) is 0 Å². The summed E-state index contributed by atoms with van der Waals surface area (Å²) in [5.74, 6) is 0.